The van der Waals surface area contributed by atoms with Gasteiger partial charge in [-0.1, -0.05) is 6.42 Å². The van der Waals surface area contributed by atoms with Crippen molar-refractivity contribution >= 4 is 10.0 Å². The maximum Gasteiger partial charge on any atom is 0.211 e. The lowest BCUT2D eigenvalue weighted by atomic mass is 10.0. The van der Waals surface area contributed by atoms with Gasteiger partial charge in [0.2, 0.25) is 10.0 Å². The number of rotatable bonds is 8. The van der Waals surface area contributed by atoms with Gasteiger partial charge in [-0.05, 0) is 45.7 Å². The molecule has 0 amide bonds. The highest BCUT2D eigenvalue weighted by Crippen LogP contribution is 2.24. The fourth-order valence-corrected chi connectivity index (χ4v) is 3.76. The summed E-state index contributed by atoms with van der Waals surface area (Å²) in [5, 5.41) is 3.39. The van der Waals surface area contributed by atoms with Crippen molar-refractivity contribution in [3.05, 3.63) is 0 Å². The van der Waals surface area contributed by atoms with E-state index in [0.29, 0.717) is 18.6 Å². The van der Waals surface area contributed by atoms with Crippen LogP contribution in [0.15, 0.2) is 0 Å². The van der Waals surface area contributed by atoms with Gasteiger partial charge >= 0.3 is 0 Å². The van der Waals surface area contributed by atoms with Gasteiger partial charge in [0.25, 0.3) is 0 Å². The van der Waals surface area contributed by atoms with Gasteiger partial charge < -0.3 is 10.2 Å². The molecule has 19 heavy (non-hydrogen) atoms. The molecular formula is C13H27N3O2S. The average molecular weight is 289 g/mol. The van der Waals surface area contributed by atoms with Crippen LogP contribution in [0, 0.1) is 0 Å². The van der Waals surface area contributed by atoms with Crippen molar-refractivity contribution < 1.29 is 8.42 Å². The third-order valence-corrected chi connectivity index (χ3v) is 5.52. The number of hydrogen-bond acceptors (Lipinski definition) is 4. The minimum atomic E-state index is -3.10. The first-order chi connectivity index (χ1) is 9.07. The third kappa shape index (κ3) is 5.77. The van der Waals surface area contributed by atoms with E-state index in [0.717, 1.165) is 25.9 Å². The Morgan fingerprint density at radius 1 is 1.26 bits per heavy atom. The molecule has 112 valence electrons. The molecule has 2 rings (SSSR count). The molecule has 1 aliphatic carbocycles. The van der Waals surface area contributed by atoms with Crippen molar-refractivity contribution in [3.63, 3.8) is 0 Å². The van der Waals surface area contributed by atoms with E-state index in [9.17, 15) is 8.42 Å². The van der Waals surface area contributed by atoms with Crippen molar-refractivity contribution in [1.29, 1.82) is 0 Å². The molecule has 0 spiro atoms. The first kappa shape index (κ1) is 15.2. The predicted molar refractivity (Wildman–Crippen MR) is 77.7 cm³/mol. The molecule has 0 radical (unpaired) electrons. The Hall–Kier alpha value is -0.170. The molecule has 0 aromatic carbocycles. The molecule has 0 bridgehead atoms. The molecule has 2 aliphatic rings. The van der Waals surface area contributed by atoms with Gasteiger partial charge in [-0.15, -0.1) is 0 Å². The van der Waals surface area contributed by atoms with Crippen LogP contribution in [0.5, 0.6) is 0 Å². The quantitative estimate of drug-likeness (QED) is 0.684. The molecule has 1 unspecified atom stereocenters. The van der Waals surface area contributed by atoms with E-state index >= 15 is 0 Å². The maximum absolute atomic E-state index is 11.9. The Labute approximate surface area is 117 Å². The zero-order valence-electron chi connectivity index (χ0n) is 11.9. The maximum atomic E-state index is 11.9. The zero-order chi connectivity index (χ0) is 13.7. The Kier molecular flexibility index (Phi) is 5.62. The predicted octanol–water partition coefficient (Wildman–Crippen LogP) is 0.532. The summed E-state index contributed by atoms with van der Waals surface area (Å²) in [7, 11) is -1.03. The molecule has 2 N–H and O–H groups in total. The second-order valence-corrected chi connectivity index (χ2v) is 7.79. The van der Waals surface area contributed by atoms with Crippen LogP contribution in [0.2, 0.25) is 0 Å². The number of piperidine rings is 1. The van der Waals surface area contributed by atoms with Crippen LogP contribution in [0.4, 0.5) is 0 Å². The minimum absolute atomic E-state index is 0.248. The minimum Gasteiger partial charge on any atom is -0.314 e. The fourth-order valence-electron chi connectivity index (χ4n) is 2.62. The van der Waals surface area contributed by atoms with E-state index in [1.54, 1.807) is 0 Å². The van der Waals surface area contributed by atoms with Crippen LogP contribution in [0.3, 0.4) is 0 Å². The van der Waals surface area contributed by atoms with Crippen LogP contribution in [0.25, 0.3) is 0 Å². The van der Waals surface area contributed by atoms with E-state index in [4.69, 9.17) is 0 Å². The van der Waals surface area contributed by atoms with Crippen LogP contribution in [-0.4, -0.2) is 57.8 Å². The third-order valence-electron chi connectivity index (χ3n) is 4.10. The molecule has 1 aliphatic heterocycles. The van der Waals surface area contributed by atoms with E-state index in [2.05, 4.69) is 22.0 Å². The lowest BCUT2D eigenvalue weighted by Crippen LogP contribution is -2.39. The largest absolute Gasteiger partial charge is 0.314 e. The Morgan fingerprint density at radius 3 is 2.68 bits per heavy atom. The second kappa shape index (κ2) is 7.02. The number of hydrogen-bond donors (Lipinski definition) is 2. The normalized spacial score (nSPS) is 24.8. The van der Waals surface area contributed by atoms with Gasteiger partial charge in [-0.2, -0.15) is 0 Å². The van der Waals surface area contributed by atoms with Crippen LogP contribution in [0.1, 0.15) is 38.5 Å². The average Bonchev–Trinajstić information content (AvgIpc) is 3.22. The number of sulfonamides is 1. The highest BCUT2D eigenvalue weighted by Gasteiger charge is 2.25. The van der Waals surface area contributed by atoms with Crippen LogP contribution >= 0.6 is 0 Å². The molecule has 5 nitrogen and oxygen atoms in total. The van der Waals surface area contributed by atoms with E-state index in [1.165, 1.54) is 25.7 Å². The molecule has 1 heterocycles. The Morgan fingerprint density at radius 2 is 2.05 bits per heavy atom. The van der Waals surface area contributed by atoms with E-state index < -0.39 is 10.0 Å². The highest BCUT2D eigenvalue weighted by atomic mass is 32.2. The Balaban J connectivity index is 1.60. The number of likely N-dealkylation sites (N-methyl/N-ethyl adjacent to an activating group) is 1. The van der Waals surface area contributed by atoms with Crippen LogP contribution < -0.4 is 10.0 Å². The molecular weight excluding hydrogens is 262 g/mol. The molecule has 1 atom stereocenters. The standard InChI is InChI=1S/C13H27N3O2S/c1-16(13-5-6-13)10-9-15-19(17,18)11-7-12-4-2-3-8-14-12/h12-15H,2-11H2,1H3. The molecule has 1 saturated carbocycles. The summed E-state index contributed by atoms with van der Waals surface area (Å²) >= 11 is 0. The molecule has 2 fully saturated rings. The molecule has 0 aromatic heterocycles. The topological polar surface area (TPSA) is 61.4 Å². The monoisotopic (exact) mass is 289 g/mol. The zero-order valence-corrected chi connectivity index (χ0v) is 12.7. The van der Waals surface area contributed by atoms with Gasteiger partial charge in [-0.25, -0.2) is 13.1 Å². The van der Waals surface area contributed by atoms with Crippen molar-refractivity contribution in [1.82, 2.24) is 14.9 Å². The van der Waals surface area contributed by atoms with Gasteiger partial charge in [0.15, 0.2) is 0 Å². The number of nitrogens with zero attached hydrogens (tertiary/aromatic N) is 1. The smallest absolute Gasteiger partial charge is 0.211 e. The second-order valence-electron chi connectivity index (χ2n) is 5.86. The first-order valence-electron chi connectivity index (χ1n) is 7.48. The lowest BCUT2D eigenvalue weighted by molar-refractivity contribution is 0.329. The van der Waals surface area contributed by atoms with Gasteiger partial charge in [-0.3, -0.25) is 0 Å². The van der Waals surface area contributed by atoms with Crippen molar-refractivity contribution in [2.45, 2.75) is 50.6 Å². The first-order valence-corrected chi connectivity index (χ1v) is 9.13. The summed E-state index contributed by atoms with van der Waals surface area (Å²) in [5.74, 6) is 0.248. The van der Waals surface area contributed by atoms with Crippen molar-refractivity contribution in [2.75, 3.05) is 32.4 Å². The van der Waals surface area contributed by atoms with E-state index in [-0.39, 0.29) is 5.75 Å². The summed E-state index contributed by atoms with van der Waals surface area (Å²) in [6.07, 6.45) is 6.80. The SMILES string of the molecule is CN(CCNS(=O)(=O)CCC1CCCCN1)C1CC1. The van der Waals surface area contributed by atoms with Crippen LogP contribution in [-0.2, 0) is 10.0 Å². The lowest BCUT2D eigenvalue weighted by Gasteiger charge is -2.23. The Bertz CT molecular complexity index is 362. The fraction of sp³-hybridized carbons (Fsp3) is 1.00. The molecule has 6 heteroatoms. The van der Waals surface area contributed by atoms with Gasteiger partial charge in [0.1, 0.15) is 0 Å². The van der Waals surface area contributed by atoms with Crippen molar-refractivity contribution in [2.24, 2.45) is 0 Å². The summed E-state index contributed by atoms with van der Waals surface area (Å²) < 4.78 is 26.5. The summed E-state index contributed by atoms with van der Waals surface area (Å²) in [4.78, 5) is 2.24. The van der Waals surface area contributed by atoms with Gasteiger partial charge in [0.05, 0.1) is 5.75 Å². The highest BCUT2D eigenvalue weighted by molar-refractivity contribution is 7.89. The number of nitrogens with one attached hydrogen (secondary N) is 2. The summed E-state index contributed by atoms with van der Waals surface area (Å²) in [6, 6.07) is 1.08. The summed E-state index contributed by atoms with van der Waals surface area (Å²) in [6.45, 7) is 2.38. The molecule has 1 saturated heterocycles. The van der Waals surface area contributed by atoms with Gasteiger partial charge in [0, 0.05) is 25.2 Å². The molecule has 0 aromatic rings. The van der Waals surface area contributed by atoms with E-state index in [1.807, 2.05) is 0 Å². The van der Waals surface area contributed by atoms with Crippen molar-refractivity contribution in [3.8, 4) is 0 Å². The summed E-state index contributed by atoms with van der Waals surface area (Å²) in [5.41, 5.74) is 0.